The molecule has 0 aliphatic carbocycles. The molecule has 1 N–H and O–H groups in total. The summed E-state index contributed by atoms with van der Waals surface area (Å²) in [5.41, 5.74) is 0.0739. The minimum absolute atomic E-state index is 0.0723. The first-order valence-corrected chi connectivity index (χ1v) is 8.03. The van der Waals surface area contributed by atoms with Gasteiger partial charge < -0.3 is 15.0 Å². The van der Waals surface area contributed by atoms with Crippen molar-refractivity contribution >= 4 is 11.9 Å². The fourth-order valence-electron chi connectivity index (χ4n) is 2.90. The minimum Gasteiger partial charge on any atom is -0.469 e. The van der Waals surface area contributed by atoms with Crippen molar-refractivity contribution in [2.45, 2.75) is 19.3 Å². The Morgan fingerprint density at radius 2 is 1.96 bits per heavy atom. The molecule has 5 nitrogen and oxygen atoms in total. The Morgan fingerprint density at radius 3 is 2.50 bits per heavy atom. The zero-order chi connectivity index (χ0) is 17.5. The van der Waals surface area contributed by atoms with E-state index in [0.29, 0.717) is 38.4 Å². The number of ether oxygens (including phenoxy) is 1. The van der Waals surface area contributed by atoms with E-state index in [2.05, 4.69) is 10.3 Å². The smallest absolute Gasteiger partial charge is 0.308 e. The molecule has 0 unspecified atom stereocenters. The molecule has 0 saturated carbocycles. The molecule has 1 aliphatic heterocycles. The molecule has 2 rings (SSSR count). The van der Waals surface area contributed by atoms with Crippen molar-refractivity contribution in [1.29, 1.82) is 0 Å². The number of aliphatic imine (C=N–C) groups is 1. The van der Waals surface area contributed by atoms with Crippen molar-refractivity contribution in [3.8, 4) is 0 Å². The van der Waals surface area contributed by atoms with Crippen LogP contribution in [0.15, 0.2) is 23.2 Å². The fraction of sp³-hybridized carbons (Fsp3) is 0.529. The zero-order valence-electron chi connectivity index (χ0n) is 14.0. The lowest BCUT2D eigenvalue weighted by Crippen LogP contribution is -2.47. The van der Waals surface area contributed by atoms with Gasteiger partial charge in [-0.05, 0) is 31.4 Å². The Hall–Kier alpha value is -2.18. The van der Waals surface area contributed by atoms with Crippen LogP contribution in [-0.4, -0.2) is 50.6 Å². The Labute approximate surface area is 140 Å². The summed E-state index contributed by atoms with van der Waals surface area (Å²) >= 11 is 0. The summed E-state index contributed by atoms with van der Waals surface area (Å²) in [7, 11) is 3.06. The third kappa shape index (κ3) is 4.43. The third-order valence-electron chi connectivity index (χ3n) is 4.26. The number of likely N-dealkylation sites (tertiary alicyclic amines) is 1. The second-order valence-electron chi connectivity index (χ2n) is 5.71. The van der Waals surface area contributed by atoms with Crippen LogP contribution >= 0.6 is 0 Å². The number of benzene rings is 1. The lowest BCUT2D eigenvalue weighted by Gasteiger charge is -2.33. The van der Waals surface area contributed by atoms with E-state index in [-0.39, 0.29) is 23.9 Å². The molecule has 1 fully saturated rings. The molecular weight excluding hydrogens is 316 g/mol. The normalized spacial score (nSPS) is 16.2. The second-order valence-corrected chi connectivity index (χ2v) is 5.71. The maximum atomic E-state index is 13.6. The first kappa shape index (κ1) is 18.2. The minimum atomic E-state index is -0.536. The number of rotatable bonds is 4. The van der Waals surface area contributed by atoms with Gasteiger partial charge in [0.15, 0.2) is 5.96 Å². The largest absolute Gasteiger partial charge is 0.469 e. The van der Waals surface area contributed by atoms with Crippen molar-refractivity contribution < 1.29 is 18.3 Å². The molecule has 1 aromatic rings. The van der Waals surface area contributed by atoms with Gasteiger partial charge in [-0.25, -0.2) is 8.78 Å². The van der Waals surface area contributed by atoms with Crippen LogP contribution in [0.2, 0.25) is 0 Å². The van der Waals surface area contributed by atoms with E-state index in [9.17, 15) is 13.6 Å². The van der Waals surface area contributed by atoms with E-state index in [1.165, 1.54) is 25.3 Å². The van der Waals surface area contributed by atoms with Crippen LogP contribution < -0.4 is 5.32 Å². The predicted octanol–water partition coefficient (Wildman–Crippen LogP) is 1.97. The standard InChI is InChI=1S/C17H23F2N3O2/c1-20-17(22-10-7-12(8-11-22)16(23)24-2)21-9-6-13-14(18)4-3-5-15(13)19/h3-5,12H,6-11H2,1-2H3,(H,20,21). The Kier molecular flexibility index (Phi) is 6.52. The average Bonchev–Trinajstić information content (AvgIpc) is 2.60. The first-order chi connectivity index (χ1) is 11.6. The van der Waals surface area contributed by atoms with Crippen molar-refractivity contribution in [1.82, 2.24) is 10.2 Å². The Morgan fingerprint density at radius 1 is 1.33 bits per heavy atom. The van der Waals surface area contributed by atoms with Crippen molar-refractivity contribution in [3.63, 3.8) is 0 Å². The third-order valence-corrected chi connectivity index (χ3v) is 4.26. The number of piperidine rings is 1. The van der Waals surface area contributed by atoms with Crippen LogP contribution in [0.4, 0.5) is 8.78 Å². The molecule has 0 amide bonds. The van der Waals surface area contributed by atoms with Gasteiger partial charge in [-0.15, -0.1) is 0 Å². The van der Waals surface area contributed by atoms with Gasteiger partial charge >= 0.3 is 5.97 Å². The molecule has 1 heterocycles. The lowest BCUT2D eigenvalue weighted by atomic mass is 9.97. The van der Waals surface area contributed by atoms with Gasteiger partial charge in [0.2, 0.25) is 0 Å². The number of carbonyl (C=O) groups excluding carboxylic acids is 1. The highest BCUT2D eigenvalue weighted by atomic mass is 19.1. The number of carbonyl (C=O) groups is 1. The van der Waals surface area contributed by atoms with E-state index >= 15 is 0 Å². The van der Waals surface area contributed by atoms with E-state index in [1.54, 1.807) is 7.05 Å². The van der Waals surface area contributed by atoms with Gasteiger partial charge in [-0.2, -0.15) is 0 Å². The quantitative estimate of drug-likeness (QED) is 0.518. The molecule has 0 spiro atoms. The summed E-state index contributed by atoms with van der Waals surface area (Å²) < 4.78 is 32.0. The van der Waals surface area contributed by atoms with Crippen molar-refractivity contribution in [2.75, 3.05) is 33.8 Å². The molecular formula is C17H23F2N3O2. The molecule has 7 heteroatoms. The number of nitrogens with one attached hydrogen (secondary N) is 1. The number of nitrogens with zero attached hydrogens (tertiary/aromatic N) is 2. The average molecular weight is 339 g/mol. The van der Waals surface area contributed by atoms with E-state index in [4.69, 9.17) is 4.74 Å². The number of esters is 1. The molecule has 0 aromatic heterocycles. The number of hydrogen-bond donors (Lipinski definition) is 1. The van der Waals surface area contributed by atoms with Gasteiger partial charge in [0.05, 0.1) is 13.0 Å². The van der Waals surface area contributed by atoms with Gasteiger partial charge in [0, 0.05) is 32.2 Å². The SMILES string of the molecule is CN=C(NCCc1c(F)cccc1F)N1CCC(C(=O)OC)CC1. The van der Waals surface area contributed by atoms with Crippen LogP contribution in [-0.2, 0) is 16.0 Å². The Balaban J connectivity index is 1.84. The second kappa shape index (κ2) is 8.61. The van der Waals surface area contributed by atoms with E-state index < -0.39 is 11.6 Å². The molecule has 0 atom stereocenters. The zero-order valence-corrected chi connectivity index (χ0v) is 14.0. The molecule has 0 bridgehead atoms. The van der Waals surface area contributed by atoms with E-state index in [0.717, 1.165) is 0 Å². The lowest BCUT2D eigenvalue weighted by molar-refractivity contribution is -0.146. The summed E-state index contributed by atoms with van der Waals surface area (Å²) in [5, 5.41) is 3.13. The van der Waals surface area contributed by atoms with Gasteiger partial charge in [-0.3, -0.25) is 9.79 Å². The topological polar surface area (TPSA) is 53.9 Å². The number of guanidine groups is 1. The first-order valence-electron chi connectivity index (χ1n) is 8.03. The van der Waals surface area contributed by atoms with Crippen LogP contribution in [0.5, 0.6) is 0 Å². The highest BCUT2D eigenvalue weighted by molar-refractivity contribution is 5.80. The number of halogens is 2. The summed E-state index contributed by atoms with van der Waals surface area (Å²) in [6.07, 6.45) is 1.64. The summed E-state index contributed by atoms with van der Waals surface area (Å²) in [5.74, 6) is -0.643. The molecule has 24 heavy (non-hydrogen) atoms. The van der Waals surface area contributed by atoms with Crippen LogP contribution in [0, 0.1) is 17.6 Å². The van der Waals surface area contributed by atoms with E-state index in [1.807, 2.05) is 4.90 Å². The van der Waals surface area contributed by atoms with Crippen LogP contribution in [0.3, 0.4) is 0 Å². The maximum Gasteiger partial charge on any atom is 0.308 e. The van der Waals surface area contributed by atoms with Gasteiger partial charge in [0.25, 0.3) is 0 Å². The van der Waals surface area contributed by atoms with Crippen molar-refractivity contribution in [2.24, 2.45) is 10.9 Å². The van der Waals surface area contributed by atoms with Crippen LogP contribution in [0.25, 0.3) is 0 Å². The van der Waals surface area contributed by atoms with Gasteiger partial charge in [-0.1, -0.05) is 6.07 Å². The highest BCUT2D eigenvalue weighted by Gasteiger charge is 2.26. The summed E-state index contributed by atoms with van der Waals surface area (Å²) in [6.45, 7) is 1.75. The fourth-order valence-corrected chi connectivity index (χ4v) is 2.90. The van der Waals surface area contributed by atoms with Crippen molar-refractivity contribution in [3.05, 3.63) is 35.4 Å². The molecule has 1 aliphatic rings. The maximum absolute atomic E-state index is 13.6. The monoisotopic (exact) mass is 339 g/mol. The molecule has 132 valence electrons. The van der Waals surface area contributed by atoms with Crippen LogP contribution in [0.1, 0.15) is 18.4 Å². The van der Waals surface area contributed by atoms with Gasteiger partial charge in [0.1, 0.15) is 11.6 Å². The highest BCUT2D eigenvalue weighted by Crippen LogP contribution is 2.18. The predicted molar refractivity (Wildman–Crippen MR) is 87.7 cm³/mol. The Bertz CT molecular complexity index is 579. The number of hydrogen-bond acceptors (Lipinski definition) is 3. The summed E-state index contributed by atoms with van der Waals surface area (Å²) in [4.78, 5) is 17.8. The molecule has 0 radical (unpaired) electrons. The summed E-state index contributed by atoms with van der Waals surface area (Å²) in [6, 6.07) is 3.86. The molecule has 1 saturated heterocycles. The number of methoxy groups -OCH3 is 1. The molecule has 1 aromatic carbocycles.